The van der Waals surface area contributed by atoms with Gasteiger partial charge in [0.1, 0.15) is 17.5 Å². The Kier molecular flexibility index (Phi) is 6.21. The zero-order valence-corrected chi connectivity index (χ0v) is 15.4. The monoisotopic (exact) mass is 377 g/mol. The number of amides is 1. The normalized spacial score (nSPS) is 15.8. The molecular formula is C19H21F2N3OS. The molecule has 1 aliphatic heterocycles. The average molecular weight is 377 g/mol. The molecule has 0 bridgehead atoms. The summed E-state index contributed by atoms with van der Waals surface area (Å²) in [7, 11) is 0. The molecule has 0 atom stereocenters. The van der Waals surface area contributed by atoms with Gasteiger partial charge in [-0.25, -0.2) is 13.8 Å². The van der Waals surface area contributed by atoms with Gasteiger partial charge in [0.15, 0.2) is 0 Å². The van der Waals surface area contributed by atoms with Crippen molar-refractivity contribution in [2.45, 2.75) is 19.3 Å². The van der Waals surface area contributed by atoms with E-state index in [4.69, 9.17) is 0 Å². The summed E-state index contributed by atoms with van der Waals surface area (Å²) >= 11 is 1.75. The van der Waals surface area contributed by atoms with E-state index in [1.54, 1.807) is 24.1 Å². The molecule has 1 aromatic carbocycles. The van der Waals surface area contributed by atoms with E-state index in [-0.39, 0.29) is 5.91 Å². The first-order valence-electron chi connectivity index (χ1n) is 8.55. The lowest BCUT2D eigenvalue weighted by molar-refractivity contribution is -0.117. The highest BCUT2D eigenvalue weighted by Gasteiger charge is 2.21. The van der Waals surface area contributed by atoms with Gasteiger partial charge in [0, 0.05) is 37.3 Å². The second-order valence-corrected chi connectivity index (χ2v) is 7.28. The van der Waals surface area contributed by atoms with Gasteiger partial charge in [0.25, 0.3) is 0 Å². The molecule has 1 aromatic heterocycles. The molecule has 0 saturated carbocycles. The number of aromatic nitrogens is 1. The van der Waals surface area contributed by atoms with Crippen molar-refractivity contribution in [1.29, 1.82) is 0 Å². The number of nitrogens with zero attached hydrogens (tertiary/aromatic N) is 2. The van der Waals surface area contributed by atoms with Crippen LogP contribution in [0.25, 0.3) is 11.1 Å². The Morgan fingerprint density at radius 2 is 1.88 bits per heavy atom. The maximum atomic E-state index is 13.3. The zero-order chi connectivity index (χ0) is 18.5. The Morgan fingerprint density at radius 3 is 2.46 bits per heavy atom. The predicted octanol–water partition coefficient (Wildman–Crippen LogP) is 4.35. The summed E-state index contributed by atoms with van der Waals surface area (Å²) in [6.07, 6.45) is 6.10. The van der Waals surface area contributed by atoms with Crippen LogP contribution in [0.4, 0.5) is 14.6 Å². The van der Waals surface area contributed by atoms with E-state index in [0.717, 1.165) is 32.0 Å². The molecule has 1 saturated heterocycles. The number of rotatable bonds is 5. The van der Waals surface area contributed by atoms with Gasteiger partial charge < -0.3 is 5.32 Å². The Morgan fingerprint density at radius 1 is 1.19 bits per heavy atom. The van der Waals surface area contributed by atoms with Gasteiger partial charge in [-0.2, -0.15) is 0 Å². The van der Waals surface area contributed by atoms with Crippen molar-refractivity contribution in [3.8, 4) is 11.1 Å². The van der Waals surface area contributed by atoms with E-state index < -0.39 is 11.6 Å². The minimum Gasteiger partial charge on any atom is -0.311 e. The summed E-state index contributed by atoms with van der Waals surface area (Å²) in [6.45, 7) is 2.02. The van der Waals surface area contributed by atoms with E-state index in [1.807, 2.05) is 0 Å². The van der Waals surface area contributed by atoms with Gasteiger partial charge in [-0.1, -0.05) is 11.9 Å². The molecule has 1 aliphatic rings. The Balaban J connectivity index is 1.56. The first-order valence-corrected chi connectivity index (χ1v) is 9.73. The third kappa shape index (κ3) is 5.02. The number of pyridine rings is 1. The Bertz CT molecular complexity index is 742. The fourth-order valence-electron chi connectivity index (χ4n) is 3.11. The van der Waals surface area contributed by atoms with Gasteiger partial charge in [-0.15, -0.1) is 0 Å². The van der Waals surface area contributed by atoms with Gasteiger partial charge in [-0.3, -0.25) is 9.10 Å². The first-order chi connectivity index (χ1) is 12.5. The van der Waals surface area contributed by atoms with Gasteiger partial charge in [0.2, 0.25) is 5.91 Å². The standard InChI is InChI=1S/C19H21F2N3OS/c1-26-24-6-4-13(5-7-24)8-19(25)23-18-3-2-14(12-22-18)15-9-16(20)11-17(21)10-15/h2-3,9-13H,4-8H2,1H3,(H,22,23,25). The third-order valence-electron chi connectivity index (χ3n) is 4.53. The molecule has 0 unspecified atom stereocenters. The Hall–Kier alpha value is -1.99. The summed E-state index contributed by atoms with van der Waals surface area (Å²) in [5.74, 6) is -0.482. The first kappa shape index (κ1) is 18.8. The third-order valence-corrected chi connectivity index (χ3v) is 5.41. The molecule has 4 nitrogen and oxygen atoms in total. The lowest BCUT2D eigenvalue weighted by Gasteiger charge is -2.29. The molecule has 0 aliphatic carbocycles. The van der Waals surface area contributed by atoms with E-state index in [1.165, 1.54) is 18.3 Å². The fourth-order valence-corrected chi connectivity index (χ4v) is 3.69. The van der Waals surface area contributed by atoms with Crippen molar-refractivity contribution in [2.24, 2.45) is 5.92 Å². The number of piperidine rings is 1. The maximum Gasteiger partial charge on any atom is 0.225 e. The maximum absolute atomic E-state index is 13.3. The van der Waals surface area contributed by atoms with Crippen LogP contribution in [0.15, 0.2) is 36.5 Å². The van der Waals surface area contributed by atoms with Crippen LogP contribution >= 0.6 is 11.9 Å². The summed E-state index contributed by atoms with van der Waals surface area (Å²) < 4.78 is 28.9. The quantitative estimate of drug-likeness (QED) is 0.787. The highest BCUT2D eigenvalue weighted by Crippen LogP contribution is 2.25. The predicted molar refractivity (Wildman–Crippen MR) is 101 cm³/mol. The summed E-state index contributed by atoms with van der Waals surface area (Å²) in [4.78, 5) is 16.4. The van der Waals surface area contributed by atoms with Crippen LogP contribution < -0.4 is 5.32 Å². The highest BCUT2D eigenvalue weighted by atomic mass is 32.2. The van der Waals surface area contributed by atoms with Crippen LogP contribution in [0.5, 0.6) is 0 Å². The lowest BCUT2D eigenvalue weighted by atomic mass is 9.94. The number of nitrogens with one attached hydrogen (secondary N) is 1. The van der Waals surface area contributed by atoms with Crippen molar-refractivity contribution >= 4 is 23.7 Å². The van der Waals surface area contributed by atoms with E-state index in [2.05, 4.69) is 20.9 Å². The molecular weight excluding hydrogens is 356 g/mol. The SMILES string of the molecule is CSN1CCC(CC(=O)Nc2ccc(-c3cc(F)cc(F)c3)cn2)CC1. The number of carbonyl (C=O) groups is 1. The highest BCUT2D eigenvalue weighted by molar-refractivity contribution is 7.96. The van der Waals surface area contributed by atoms with Gasteiger partial charge in [-0.05, 0) is 54.8 Å². The number of carbonyl (C=O) groups excluding carboxylic acids is 1. The molecule has 7 heteroatoms. The van der Waals surface area contributed by atoms with Crippen molar-refractivity contribution in [3.05, 3.63) is 48.2 Å². The van der Waals surface area contributed by atoms with E-state index >= 15 is 0 Å². The average Bonchev–Trinajstić information content (AvgIpc) is 2.62. The number of hydrogen-bond acceptors (Lipinski definition) is 4. The largest absolute Gasteiger partial charge is 0.311 e. The molecule has 0 spiro atoms. The summed E-state index contributed by atoms with van der Waals surface area (Å²) in [5.41, 5.74) is 0.999. The van der Waals surface area contributed by atoms with Crippen molar-refractivity contribution < 1.29 is 13.6 Å². The minimum absolute atomic E-state index is 0.0512. The summed E-state index contributed by atoms with van der Waals surface area (Å²) in [6, 6.07) is 6.66. The van der Waals surface area contributed by atoms with E-state index in [9.17, 15) is 13.6 Å². The minimum atomic E-state index is -0.634. The molecule has 138 valence electrons. The number of benzene rings is 1. The second-order valence-electron chi connectivity index (χ2n) is 6.40. The molecule has 2 aromatic rings. The number of halogens is 2. The molecule has 0 radical (unpaired) electrons. The fraction of sp³-hybridized carbons (Fsp3) is 0.368. The van der Waals surface area contributed by atoms with Crippen molar-refractivity contribution in [1.82, 2.24) is 9.29 Å². The molecule has 1 amide bonds. The van der Waals surface area contributed by atoms with Crippen LogP contribution in [0.2, 0.25) is 0 Å². The van der Waals surface area contributed by atoms with Crippen LogP contribution in [0.1, 0.15) is 19.3 Å². The van der Waals surface area contributed by atoms with Crippen LogP contribution in [0.3, 0.4) is 0 Å². The van der Waals surface area contributed by atoms with Crippen molar-refractivity contribution in [2.75, 3.05) is 24.7 Å². The molecule has 2 heterocycles. The second kappa shape index (κ2) is 8.60. The molecule has 3 rings (SSSR count). The van der Waals surface area contributed by atoms with Crippen molar-refractivity contribution in [3.63, 3.8) is 0 Å². The number of hydrogen-bond donors (Lipinski definition) is 1. The van der Waals surface area contributed by atoms with E-state index in [0.29, 0.717) is 29.3 Å². The topological polar surface area (TPSA) is 45.2 Å². The molecule has 1 N–H and O–H groups in total. The Labute approximate surface area is 156 Å². The summed E-state index contributed by atoms with van der Waals surface area (Å²) in [5, 5.41) is 2.80. The van der Waals surface area contributed by atoms with Crippen LogP contribution in [-0.4, -0.2) is 34.5 Å². The number of anilines is 1. The lowest BCUT2D eigenvalue weighted by Crippen LogP contribution is -2.30. The molecule has 1 fully saturated rings. The van der Waals surface area contributed by atoms with Crippen LogP contribution in [-0.2, 0) is 4.79 Å². The zero-order valence-electron chi connectivity index (χ0n) is 14.5. The smallest absolute Gasteiger partial charge is 0.225 e. The van der Waals surface area contributed by atoms with Gasteiger partial charge >= 0.3 is 0 Å². The van der Waals surface area contributed by atoms with Gasteiger partial charge in [0.05, 0.1) is 0 Å². The molecule has 26 heavy (non-hydrogen) atoms. The van der Waals surface area contributed by atoms with Crippen LogP contribution in [0, 0.1) is 17.6 Å².